The Morgan fingerprint density at radius 1 is 1.21 bits per heavy atom. The molecule has 120 valence electrons. The van der Waals surface area contributed by atoms with E-state index in [1.54, 1.807) is 12.3 Å². The molecule has 24 heavy (non-hydrogen) atoms. The van der Waals surface area contributed by atoms with Crippen molar-refractivity contribution in [1.82, 2.24) is 14.6 Å². The van der Waals surface area contributed by atoms with Crippen molar-refractivity contribution in [2.45, 2.75) is 18.9 Å². The van der Waals surface area contributed by atoms with Crippen molar-refractivity contribution in [3.05, 3.63) is 48.2 Å². The molecule has 0 aliphatic carbocycles. The summed E-state index contributed by atoms with van der Waals surface area (Å²) < 4.78 is 7.21. The third-order valence-electron chi connectivity index (χ3n) is 4.22. The van der Waals surface area contributed by atoms with Gasteiger partial charge in [-0.25, -0.2) is 9.50 Å². The van der Waals surface area contributed by atoms with E-state index >= 15 is 0 Å². The fourth-order valence-electron chi connectivity index (χ4n) is 2.95. The molecule has 1 fully saturated rings. The maximum absolute atomic E-state index is 9.09. The molecule has 1 aliphatic heterocycles. The van der Waals surface area contributed by atoms with Crippen molar-refractivity contribution in [3.63, 3.8) is 0 Å². The van der Waals surface area contributed by atoms with Gasteiger partial charge in [0, 0.05) is 24.8 Å². The number of imidazole rings is 1. The lowest BCUT2D eigenvalue weighted by atomic mass is 10.1. The largest absolute Gasteiger partial charge is 0.381 e. The minimum absolute atomic E-state index is 0.387. The Hall–Kier alpha value is -2.91. The molecule has 6 heteroatoms. The minimum atomic E-state index is 0.387. The van der Waals surface area contributed by atoms with Crippen molar-refractivity contribution in [2.24, 2.45) is 0 Å². The van der Waals surface area contributed by atoms with Crippen molar-refractivity contribution in [2.75, 3.05) is 18.5 Å². The van der Waals surface area contributed by atoms with Gasteiger partial charge in [-0.15, -0.1) is 5.10 Å². The monoisotopic (exact) mass is 319 g/mol. The van der Waals surface area contributed by atoms with Gasteiger partial charge in [0.1, 0.15) is 5.82 Å². The second-order valence-corrected chi connectivity index (χ2v) is 5.86. The quantitative estimate of drug-likeness (QED) is 0.803. The zero-order valence-electron chi connectivity index (χ0n) is 13.1. The van der Waals surface area contributed by atoms with Crippen molar-refractivity contribution in [1.29, 1.82) is 5.26 Å². The van der Waals surface area contributed by atoms with Gasteiger partial charge in [0.25, 0.3) is 0 Å². The third kappa shape index (κ3) is 2.82. The molecule has 6 nitrogen and oxygen atoms in total. The predicted octanol–water partition coefficient (Wildman–Crippen LogP) is 2.86. The molecular weight excluding hydrogens is 302 g/mol. The van der Waals surface area contributed by atoms with E-state index in [1.165, 1.54) is 0 Å². The van der Waals surface area contributed by atoms with E-state index in [9.17, 15) is 0 Å². The van der Waals surface area contributed by atoms with Crippen LogP contribution in [-0.2, 0) is 4.74 Å². The van der Waals surface area contributed by atoms with Crippen LogP contribution < -0.4 is 5.32 Å². The average Bonchev–Trinajstić information content (AvgIpc) is 3.06. The predicted molar refractivity (Wildman–Crippen MR) is 90.6 cm³/mol. The number of aromatic nitrogens is 3. The van der Waals surface area contributed by atoms with Gasteiger partial charge in [0.05, 0.1) is 23.5 Å². The maximum Gasteiger partial charge on any atom is 0.154 e. The second-order valence-electron chi connectivity index (χ2n) is 5.86. The maximum atomic E-state index is 9.09. The molecule has 3 heterocycles. The zero-order chi connectivity index (χ0) is 16.4. The Labute approximate surface area is 139 Å². The smallest absolute Gasteiger partial charge is 0.154 e. The third-order valence-corrected chi connectivity index (χ3v) is 4.22. The number of nitrogens with zero attached hydrogens (tertiary/aromatic N) is 4. The van der Waals surface area contributed by atoms with Crippen LogP contribution in [-0.4, -0.2) is 33.9 Å². The van der Waals surface area contributed by atoms with Gasteiger partial charge in [0.2, 0.25) is 0 Å². The molecular formula is C18H17N5O. The molecule has 3 aromatic rings. The fourth-order valence-corrected chi connectivity index (χ4v) is 2.95. The Bertz CT molecular complexity index is 905. The van der Waals surface area contributed by atoms with Gasteiger partial charge in [-0.1, -0.05) is 12.1 Å². The molecule has 1 aromatic carbocycles. The lowest BCUT2D eigenvalue weighted by Gasteiger charge is -2.23. The van der Waals surface area contributed by atoms with Crippen LogP contribution in [0.5, 0.6) is 0 Å². The number of hydrogen-bond acceptors (Lipinski definition) is 5. The first-order valence-electron chi connectivity index (χ1n) is 8.03. The van der Waals surface area contributed by atoms with Crippen LogP contribution >= 0.6 is 0 Å². The molecule has 2 aromatic heterocycles. The number of ether oxygens (including phenoxy) is 1. The molecule has 0 bridgehead atoms. The first kappa shape index (κ1) is 14.7. The van der Waals surface area contributed by atoms with Gasteiger partial charge < -0.3 is 10.1 Å². The molecule has 1 aliphatic rings. The van der Waals surface area contributed by atoms with Crippen LogP contribution in [0.25, 0.3) is 16.9 Å². The van der Waals surface area contributed by atoms with E-state index in [2.05, 4.69) is 21.5 Å². The summed E-state index contributed by atoms with van der Waals surface area (Å²) in [7, 11) is 0. The van der Waals surface area contributed by atoms with Crippen LogP contribution in [0, 0.1) is 11.3 Å². The molecule has 0 unspecified atom stereocenters. The fraction of sp³-hybridized carbons (Fsp3) is 0.278. The number of hydrogen-bond donors (Lipinski definition) is 1. The second kappa shape index (κ2) is 6.30. The van der Waals surface area contributed by atoms with Gasteiger partial charge in [-0.05, 0) is 37.1 Å². The van der Waals surface area contributed by atoms with Gasteiger partial charge >= 0.3 is 0 Å². The van der Waals surface area contributed by atoms with Crippen LogP contribution in [0.2, 0.25) is 0 Å². The normalized spacial score (nSPS) is 15.3. The van der Waals surface area contributed by atoms with Crippen LogP contribution in [0.3, 0.4) is 0 Å². The summed E-state index contributed by atoms with van der Waals surface area (Å²) in [5.74, 6) is 0.824. The topological polar surface area (TPSA) is 75.2 Å². The van der Waals surface area contributed by atoms with E-state index in [-0.39, 0.29) is 0 Å². The molecule has 0 saturated carbocycles. The molecule has 1 saturated heterocycles. The Balaban J connectivity index is 1.69. The van der Waals surface area contributed by atoms with Crippen LogP contribution in [0.4, 0.5) is 5.82 Å². The highest BCUT2D eigenvalue weighted by Crippen LogP contribution is 2.22. The summed E-state index contributed by atoms with van der Waals surface area (Å²) in [4.78, 5) is 4.41. The highest BCUT2D eigenvalue weighted by atomic mass is 16.5. The summed E-state index contributed by atoms with van der Waals surface area (Å²) >= 11 is 0. The molecule has 0 radical (unpaired) electrons. The SMILES string of the molecule is N#Cc1cccc(-c2cnc3ccc(NC4CCOCC4)nn23)c1. The van der Waals surface area contributed by atoms with Crippen LogP contribution in [0.15, 0.2) is 42.6 Å². The van der Waals surface area contributed by atoms with Gasteiger partial charge in [-0.3, -0.25) is 0 Å². The number of anilines is 1. The molecule has 4 rings (SSSR count). The van der Waals surface area contributed by atoms with E-state index in [4.69, 9.17) is 10.00 Å². The average molecular weight is 319 g/mol. The molecule has 0 amide bonds. The summed E-state index contributed by atoms with van der Waals surface area (Å²) in [6.45, 7) is 1.58. The van der Waals surface area contributed by atoms with E-state index in [0.29, 0.717) is 11.6 Å². The summed E-state index contributed by atoms with van der Waals surface area (Å²) in [5, 5.41) is 17.2. The van der Waals surface area contributed by atoms with Gasteiger partial charge in [0.15, 0.2) is 5.65 Å². The first-order valence-corrected chi connectivity index (χ1v) is 8.03. The van der Waals surface area contributed by atoms with E-state index in [1.807, 2.05) is 34.8 Å². The van der Waals surface area contributed by atoms with Crippen molar-refractivity contribution in [3.8, 4) is 17.3 Å². The standard InChI is InChI=1S/C18H17N5O/c19-11-13-2-1-3-14(10-13)16-12-20-18-5-4-17(22-23(16)18)21-15-6-8-24-9-7-15/h1-5,10,12,15H,6-9H2,(H,21,22). The van der Waals surface area contributed by atoms with E-state index in [0.717, 1.165) is 48.8 Å². The number of benzene rings is 1. The van der Waals surface area contributed by atoms with E-state index < -0.39 is 0 Å². The van der Waals surface area contributed by atoms with Crippen LogP contribution in [0.1, 0.15) is 18.4 Å². The van der Waals surface area contributed by atoms with Crippen molar-refractivity contribution < 1.29 is 4.74 Å². The summed E-state index contributed by atoms with van der Waals surface area (Å²) in [6, 6.07) is 13.9. The number of nitrogens with one attached hydrogen (secondary N) is 1. The molecule has 1 N–H and O–H groups in total. The minimum Gasteiger partial charge on any atom is -0.381 e. The number of rotatable bonds is 3. The van der Waals surface area contributed by atoms with Gasteiger partial charge in [-0.2, -0.15) is 5.26 Å². The zero-order valence-corrected chi connectivity index (χ0v) is 13.1. The summed E-state index contributed by atoms with van der Waals surface area (Å²) in [6.07, 6.45) is 3.76. The highest BCUT2D eigenvalue weighted by Gasteiger charge is 2.15. The Morgan fingerprint density at radius 2 is 2.08 bits per heavy atom. The first-order chi connectivity index (χ1) is 11.8. The number of nitriles is 1. The summed E-state index contributed by atoms with van der Waals surface area (Å²) in [5.41, 5.74) is 3.21. The molecule has 0 spiro atoms. The highest BCUT2D eigenvalue weighted by molar-refractivity contribution is 5.65. The lowest BCUT2D eigenvalue weighted by molar-refractivity contribution is 0.0903. The lowest BCUT2D eigenvalue weighted by Crippen LogP contribution is -2.28. The number of fused-ring (bicyclic) bond motifs is 1. The molecule has 0 atom stereocenters. The van der Waals surface area contributed by atoms with Crippen molar-refractivity contribution >= 4 is 11.5 Å². The Morgan fingerprint density at radius 3 is 2.92 bits per heavy atom. The Kier molecular flexibility index (Phi) is 3.85.